The van der Waals surface area contributed by atoms with Gasteiger partial charge < -0.3 is 18.9 Å². The van der Waals surface area contributed by atoms with Gasteiger partial charge in [0, 0.05) is 17.5 Å². The van der Waals surface area contributed by atoms with E-state index in [2.05, 4.69) is 18.5 Å². The van der Waals surface area contributed by atoms with Gasteiger partial charge in [0.1, 0.15) is 18.1 Å². The number of aryl methyl sites for hydroxylation is 1. The Labute approximate surface area is 233 Å². The largest absolute Gasteiger partial charge is 0.492 e. The summed E-state index contributed by atoms with van der Waals surface area (Å²) in [4.78, 5) is 11.7. The zero-order valence-electron chi connectivity index (χ0n) is 23.3. The molecule has 0 saturated heterocycles. The van der Waals surface area contributed by atoms with Gasteiger partial charge >= 0.3 is 5.97 Å². The highest BCUT2D eigenvalue weighted by Gasteiger charge is 2.27. The summed E-state index contributed by atoms with van der Waals surface area (Å²) in [6.07, 6.45) is 3.39. The third kappa shape index (κ3) is 7.01. The third-order valence-corrected chi connectivity index (χ3v) is 8.80. The number of benzene rings is 3. The van der Waals surface area contributed by atoms with E-state index in [0.717, 1.165) is 45.7 Å². The Bertz CT molecular complexity index is 1370. The lowest BCUT2D eigenvalue weighted by atomic mass is 9.94. The Kier molecular flexibility index (Phi) is 9.68. The van der Waals surface area contributed by atoms with Crippen LogP contribution in [0.25, 0.3) is 11.1 Å². The van der Waals surface area contributed by atoms with Gasteiger partial charge in [-0.25, -0.2) is 4.39 Å². The molecule has 0 radical (unpaired) electrons. The molecular formula is C32H37FO5S. The molecule has 2 atom stereocenters. The van der Waals surface area contributed by atoms with Crippen molar-refractivity contribution in [3.63, 3.8) is 0 Å². The lowest BCUT2D eigenvalue weighted by molar-refractivity contribution is -0.141. The van der Waals surface area contributed by atoms with Gasteiger partial charge in [-0.3, -0.25) is 4.79 Å². The smallest absolute Gasteiger partial charge is 0.306 e. The van der Waals surface area contributed by atoms with E-state index in [-0.39, 0.29) is 28.2 Å². The SMILES string of the molecule is C/C=S(\C)CCCOc1cc(C)c(-c2cccc(COc3ccc4c(c3)OCC4CC(=O)OC)c2)c(C)c1F. The lowest BCUT2D eigenvalue weighted by Crippen LogP contribution is -2.09. The first-order valence-corrected chi connectivity index (χ1v) is 15.1. The van der Waals surface area contributed by atoms with E-state index in [1.165, 1.54) is 7.11 Å². The number of halogens is 1. The average molecular weight is 553 g/mol. The van der Waals surface area contributed by atoms with Gasteiger partial charge in [0.25, 0.3) is 0 Å². The minimum absolute atomic E-state index is 0.00872. The number of fused-ring (bicyclic) bond motifs is 1. The van der Waals surface area contributed by atoms with E-state index in [9.17, 15) is 4.79 Å². The summed E-state index contributed by atoms with van der Waals surface area (Å²) in [6, 6.07) is 15.5. The predicted molar refractivity (Wildman–Crippen MR) is 157 cm³/mol. The third-order valence-electron chi connectivity index (χ3n) is 7.06. The van der Waals surface area contributed by atoms with Crippen molar-refractivity contribution in [1.82, 2.24) is 0 Å². The molecule has 0 N–H and O–H groups in total. The summed E-state index contributed by atoms with van der Waals surface area (Å²) in [6.45, 7) is 7.18. The molecule has 0 fully saturated rings. The summed E-state index contributed by atoms with van der Waals surface area (Å²) in [7, 11) is 1.66. The number of methoxy groups -OCH3 is 1. The van der Waals surface area contributed by atoms with Crippen LogP contribution in [0.2, 0.25) is 0 Å². The zero-order valence-corrected chi connectivity index (χ0v) is 24.2. The molecule has 0 amide bonds. The van der Waals surface area contributed by atoms with E-state index in [4.69, 9.17) is 18.9 Å². The molecule has 3 aromatic rings. The Morgan fingerprint density at radius 2 is 1.97 bits per heavy atom. The number of hydrogen-bond acceptors (Lipinski definition) is 5. The van der Waals surface area contributed by atoms with Gasteiger partial charge in [0.2, 0.25) is 0 Å². The first-order chi connectivity index (χ1) is 18.8. The second kappa shape index (κ2) is 13.2. The highest BCUT2D eigenvalue weighted by Crippen LogP contribution is 2.39. The number of esters is 1. The first kappa shape index (κ1) is 28.7. The molecule has 7 heteroatoms. The molecule has 0 bridgehead atoms. The fraction of sp³-hybridized carbons (Fsp3) is 0.375. The van der Waals surface area contributed by atoms with Crippen molar-refractivity contribution in [2.24, 2.45) is 0 Å². The normalized spacial score (nSPS) is 15.0. The minimum Gasteiger partial charge on any atom is -0.492 e. The van der Waals surface area contributed by atoms with Crippen LogP contribution >= 0.6 is 10.5 Å². The molecule has 1 heterocycles. The molecule has 5 nitrogen and oxygen atoms in total. The zero-order chi connectivity index (χ0) is 27.9. The van der Waals surface area contributed by atoms with Crippen molar-refractivity contribution in [1.29, 1.82) is 0 Å². The maximum absolute atomic E-state index is 15.3. The second-order valence-electron chi connectivity index (χ2n) is 9.82. The topological polar surface area (TPSA) is 54.0 Å². The highest BCUT2D eigenvalue weighted by molar-refractivity contribution is 8.14. The molecular weight excluding hydrogens is 515 g/mol. The summed E-state index contributed by atoms with van der Waals surface area (Å²) in [5.41, 5.74) is 5.33. The van der Waals surface area contributed by atoms with Crippen molar-refractivity contribution in [3.05, 3.63) is 76.6 Å². The van der Waals surface area contributed by atoms with Crippen LogP contribution in [0, 0.1) is 19.7 Å². The van der Waals surface area contributed by atoms with Crippen molar-refractivity contribution in [2.45, 2.75) is 46.1 Å². The second-order valence-corrected chi connectivity index (χ2v) is 12.1. The van der Waals surface area contributed by atoms with Crippen LogP contribution in [-0.2, 0) is 16.1 Å². The lowest BCUT2D eigenvalue weighted by Gasteiger charge is -2.16. The standard InChI is InChI=1S/C32H37FO5S/c1-6-39(5)14-8-13-36-29-15-21(2)31(22(3)32(29)33)24-10-7-9-23(16-24)19-37-26-11-12-27-25(17-30(34)35-4)20-38-28(27)18-26/h6-7,9-12,15-16,18,25H,8,13-14,17,19-20H2,1-5H3. The Morgan fingerprint density at radius 3 is 2.74 bits per heavy atom. The van der Waals surface area contributed by atoms with Crippen LogP contribution in [0.4, 0.5) is 4.39 Å². The van der Waals surface area contributed by atoms with Gasteiger partial charge in [-0.2, -0.15) is 10.5 Å². The van der Waals surface area contributed by atoms with Crippen LogP contribution in [0.15, 0.2) is 48.5 Å². The van der Waals surface area contributed by atoms with Crippen molar-refractivity contribution in [3.8, 4) is 28.4 Å². The van der Waals surface area contributed by atoms with Crippen molar-refractivity contribution < 1.29 is 28.1 Å². The van der Waals surface area contributed by atoms with Crippen molar-refractivity contribution in [2.75, 3.05) is 32.3 Å². The molecule has 208 valence electrons. The fourth-order valence-electron chi connectivity index (χ4n) is 4.84. The highest BCUT2D eigenvalue weighted by atomic mass is 32.2. The molecule has 1 aliphatic heterocycles. The average Bonchev–Trinajstić information content (AvgIpc) is 3.34. The number of hydrogen-bond donors (Lipinski definition) is 0. The monoisotopic (exact) mass is 552 g/mol. The van der Waals surface area contributed by atoms with Gasteiger partial charge in [-0.15, -0.1) is 0 Å². The Balaban J connectivity index is 1.43. The number of rotatable bonds is 11. The summed E-state index contributed by atoms with van der Waals surface area (Å²) in [5.74, 6) is 2.22. The predicted octanol–water partition coefficient (Wildman–Crippen LogP) is 7.22. The Hall–Kier alpha value is -3.32. The maximum Gasteiger partial charge on any atom is 0.306 e. The number of carbonyl (C=O) groups excluding carboxylic acids is 1. The van der Waals surface area contributed by atoms with Gasteiger partial charge in [-0.1, -0.05) is 29.6 Å². The molecule has 4 rings (SSSR count). The van der Waals surface area contributed by atoms with E-state index in [0.29, 0.717) is 43.3 Å². The van der Waals surface area contributed by atoms with Crippen molar-refractivity contribution >= 4 is 21.8 Å². The first-order valence-electron chi connectivity index (χ1n) is 13.2. The van der Waals surface area contributed by atoms with E-state index in [1.807, 2.05) is 49.4 Å². The van der Waals surface area contributed by atoms with Crippen LogP contribution < -0.4 is 14.2 Å². The van der Waals surface area contributed by atoms with Crippen LogP contribution in [-0.4, -0.2) is 43.7 Å². The molecule has 2 unspecified atom stereocenters. The molecule has 0 spiro atoms. The fourth-order valence-corrected chi connectivity index (χ4v) is 5.65. The molecule has 39 heavy (non-hydrogen) atoms. The Morgan fingerprint density at radius 1 is 1.15 bits per heavy atom. The van der Waals surface area contributed by atoms with Gasteiger partial charge in [0.15, 0.2) is 11.6 Å². The molecule has 0 saturated carbocycles. The van der Waals surface area contributed by atoms with Crippen LogP contribution in [0.5, 0.6) is 17.2 Å². The van der Waals surface area contributed by atoms with E-state index < -0.39 is 0 Å². The quantitative estimate of drug-likeness (QED) is 0.143. The molecule has 1 aliphatic rings. The molecule has 0 aliphatic carbocycles. The van der Waals surface area contributed by atoms with Gasteiger partial charge in [-0.05, 0) is 85.2 Å². The summed E-state index contributed by atoms with van der Waals surface area (Å²) in [5, 5.41) is 2.20. The molecule has 0 aromatic heterocycles. The summed E-state index contributed by atoms with van der Waals surface area (Å²) < 4.78 is 37.7. The van der Waals surface area contributed by atoms with E-state index >= 15 is 4.39 Å². The van der Waals surface area contributed by atoms with Crippen LogP contribution in [0.1, 0.15) is 47.9 Å². The molecule has 3 aromatic carbocycles. The summed E-state index contributed by atoms with van der Waals surface area (Å²) >= 11 is 0. The number of carbonyl (C=O) groups is 1. The van der Waals surface area contributed by atoms with Gasteiger partial charge in [0.05, 0.1) is 26.7 Å². The van der Waals surface area contributed by atoms with E-state index in [1.54, 1.807) is 13.0 Å². The number of ether oxygens (including phenoxy) is 4. The minimum atomic E-state index is -0.307. The maximum atomic E-state index is 15.3. The van der Waals surface area contributed by atoms with Crippen LogP contribution in [0.3, 0.4) is 0 Å².